The number of hydrogen-bond donors (Lipinski definition) is 3. The molecule has 0 bridgehead atoms. The van der Waals surface area contributed by atoms with Crippen molar-refractivity contribution in [3.8, 4) is 17.2 Å². The van der Waals surface area contributed by atoms with Crippen molar-refractivity contribution in [1.29, 1.82) is 0 Å². The number of aromatic hydroxyl groups is 2. The van der Waals surface area contributed by atoms with Gasteiger partial charge in [-0.3, -0.25) is 4.79 Å². The maximum absolute atomic E-state index is 12.6. The van der Waals surface area contributed by atoms with Crippen LogP contribution in [0.1, 0.15) is 35.3 Å². The fraction of sp³-hybridized carbons (Fsp3) is 0.250. The molecule has 0 aromatic heterocycles. The Morgan fingerprint density at radius 1 is 1.16 bits per heavy atom. The van der Waals surface area contributed by atoms with Crippen LogP contribution in [0.3, 0.4) is 0 Å². The quantitative estimate of drug-likeness (QED) is 0.590. The fourth-order valence-electron chi connectivity index (χ4n) is 2.74. The highest BCUT2D eigenvalue weighted by atomic mass is 16.5. The first kappa shape index (κ1) is 17.0. The van der Waals surface area contributed by atoms with Crippen LogP contribution in [-0.4, -0.2) is 32.8 Å². The molecule has 1 heterocycles. The second kappa shape index (κ2) is 6.26. The smallest absolute Gasteiger partial charge is 0.189 e. The molecule has 0 saturated carbocycles. The molecule has 5 heteroatoms. The zero-order valence-corrected chi connectivity index (χ0v) is 14.1. The molecule has 130 valence electrons. The lowest BCUT2D eigenvalue weighted by Gasteiger charge is -2.37. The lowest BCUT2D eigenvalue weighted by Crippen LogP contribution is -2.46. The molecule has 1 unspecified atom stereocenters. The van der Waals surface area contributed by atoms with Gasteiger partial charge in [0.25, 0.3) is 0 Å². The van der Waals surface area contributed by atoms with Crippen LogP contribution in [0.4, 0.5) is 0 Å². The molecule has 5 nitrogen and oxygen atoms in total. The van der Waals surface area contributed by atoms with Crippen LogP contribution < -0.4 is 4.74 Å². The van der Waals surface area contributed by atoms with Crippen LogP contribution in [0.25, 0.3) is 6.08 Å². The number of phenols is 2. The van der Waals surface area contributed by atoms with Crippen molar-refractivity contribution in [3.63, 3.8) is 0 Å². The summed E-state index contributed by atoms with van der Waals surface area (Å²) >= 11 is 0. The third kappa shape index (κ3) is 3.37. The number of carbonyl (C=O) groups excluding carboxylic acids is 1. The van der Waals surface area contributed by atoms with E-state index < -0.39 is 11.7 Å². The average Bonchev–Trinajstić information content (AvgIpc) is 2.56. The van der Waals surface area contributed by atoms with E-state index in [4.69, 9.17) is 4.74 Å². The van der Waals surface area contributed by atoms with E-state index in [0.717, 1.165) is 5.56 Å². The molecule has 1 aliphatic rings. The summed E-state index contributed by atoms with van der Waals surface area (Å²) in [7, 11) is 0. The molecule has 3 rings (SSSR count). The van der Waals surface area contributed by atoms with Gasteiger partial charge in [-0.15, -0.1) is 0 Å². The highest BCUT2D eigenvalue weighted by Crippen LogP contribution is 2.41. The number of carbonyl (C=O) groups is 1. The van der Waals surface area contributed by atoms with Gasteiger partial charge in [0.1, 0.15) is 22.8 Å². The van der Waals surface area contributed by atoms with Crippen molar-refractivity contribution in [2.75, 3.05) is 0 Å². The van der Waals surface area contributed by atoms with Gasteiger partial charge in [0.15, 0.2) is 5.78 Å². The molecule has 0 aliphatic carbocycles. The summed E-state index contributed by atoms with van der Waals surface area (Å²) in [6, 6.07) is 9.43. The van der Waals surface area contributed by atoms with Crippen molar-refractivity contribution in [2.24, 2.45) is 0 Å². The van der Waals surface area contributed by atoms with Crippen LogP contribution in [0, 0.1) is 0 Å². The van der Waals surface area contributed by atoms with Crippen molar-refractivity contribution < 1.29 is 24.9 Å². The fourth-order valence-corrected chi connectivity index (χ4v) is 2.74. The monoisotopic (exact) mass is 340 g/mol. The van der Waals surface area contributed by atoms with Gasteiger partial charge >= 0.3 is 0 Å². The van der Waals surface area contributed by atoms with E-state index in [-0.39, 0.29) is 23.7 Å². The van der Waals surface area contributed by atoms with E-state index in [9.17, 15) is 20.1 Å². The van der Waals surface area contributed by atoms with Gasteiger partial charge in [-0.1, -0.05) is 18.2 Å². The Hall–Kier alpha value is -2.79. The molecule has 0 amide bonds. The minimum Gasteiger partial charge on any atom is -0.508 e. The highest BCUT2D eigenvalue weighted by Gasteiger charge is 2.38. The number of aliphatic hydroxyl groups is 1. The third-order valence-corrected chi connectivity index (χ3v) is 4.39. The molecule has 0 fully saturated rings. The largest absolute Gasteiger partial charge is 0.508 e. The molecule has 2 aromatic carbocycles. The minimum atomic E-state index is -0.851. The number of benzene rings is 2. The van der Waals surface area contributed by atoms with Crippen molar-refractivity contribution in [3.05, 3.63) is 59.2 Å². The predicted octanol–water partition coefficient (Wildman–Crippen LogP) is 3.07. The molecule has 1 atom stereocenters. The zero-order valence-electron chi connectivity index (χ0n) is 14.1. The topological polar surface area (TPSA) is 87.0 Å². The summed E-state index contributed by atoms with van der Waals surface area (Å²) in [5.41, 5.74) is 0.699. The normalized spacial score (nSPS) is 18.6. The second-order valence-corrected chi connectivity index (χ2v) is 6.65. The zero-order chi connectivity index (χ0) is 18.2. The number of fused-ring (bicyclic) bond motifs is 1. The van der Waals surface area contributed by atoms with Crippen LogP contribution in [0.2, 0.25) is 0 Å². The van der Waals surface area contributed by atoms with E-state index in [1.54, 1.807) is 44.2 Å². The lowest BCUT2D eigenvalue weighted by molar-refractivity contribution is -0.0420. The van der Waals surface area contributed by atoms with Crippen LogP contribution in [0.5, 0.6) is 17.2 Å². The first-order chi connectivity index (χ1) is 11.8. The van der Waals surface area contributed by atoms with E-state index in [1.807, 2.05) is 0 Å². The number of allylic oxidation sites excluding steroid dienone is 1. The second-order valence-electron chi connectivity index (χ2n) is 6.65. The van der Waals surface area contributed by atoms with Gasteiger partial charge in [0.2, 0.25) is 0 Å². The Morgan fingerprint density at radius 3 is 2.52 bits per heavy atom. The number of rotatable bonds is 3. The molecule has 0 saturated heterocycles. The Morgan fingerprint density at radius 2 is 1.84 bits per heavy atom. The molecule has 0 radical (unpaired) electrons. The van der Waals surface area contributed by atoms with E-state index in [2.05, 4.69) is 0 Å². The van der Waals surface area contributed by atoms with Gasteiger partial charge in [0, 0.05) is 12.0 Å². The van der Waals surface area contributed by atoms with E-state index in [0.29, 0.717) is 16.9 Å². The van der Waals surface area contributed by atoms with Gasteiger partial charge in [-0.05, 0) is 49.8 Å². The first-order valence-corrected chi connectivity index (χ1v) is 8.01. The van der Waals surface area contributed by atoms with Crippen molar-refractivity contribution in [2.45, 2.75) is 32.0 Å². The summed E-state index contributed by atoms with van der Waals surface area (Å²) in [6.45, 7) is 3.48. The third-order valence-electron chi connectivity index (χ3n) is 4.39. The first-order valence-electron chi connectivity index (χ1n) is 8.01. The SMILES string of the molecule is CC1(C)Oc2c(C(=O)C=Cc3ccc(O)cc3)ccc(O)c2CC1O. The van der Waals surface area contributed by atoms with Crippen LogP contribution in [0.15, 0.2) is 42.5 Å². The molecular weight excluding hydrogens is 320 g/mol. The maximum atomic E-state index is 12.6. The van der Waals surface area contributed by atoms with Crippen molar-refractivity contribution >= 4 is 11.9 Å². The van der Waals surface area contributed by atoms with Crippen molar-refractivity contribution in [1.82, 2.24) is 0 Å². The van der Waals surface area contributed by atoms with E-state index in [1.165, 1.54) is 18.2 Å². The Bertz CT molecular complexity index is 834. The Balaban J connectivity index is 1.94. The molecule has 1 aliphatic heterocycles. The summed E-state index contributed by atoms with van der Waals surface area (Å²) < 4.78 is 5.83. The Kier molecular flexibility index (Phi) is 4.27. The molecule has 0 spiro atoms. The maximum Gasteiger partial charge on any atom is 0.189 e. The van der Waals surface area contributed by atoms with Gasteiger partial charge < -0.3 is 20.1 Å². The number of phenolic OH excluding ortho intramolecular Hbond substituents is 2. The van der Waals surface area contributed by atoms with E-state index >= 15 is 0 Å². The summed E-state index contributed by atoms with van der Waals surface area (Å²) in [6.07, 6.45) is 2.50. The molecule has 25 heavy (non-hydrogen) atoms. The summed E-state index contributed by atoms with van der Waals surface area (Å²) in [5.74, 6) is 0.209. The number of ketones is 1. The highest BCUT2D eigenvalue weighted by molar-refractivity contribution is 6.09. The standard InChI is InChI=1S/C20H20O5/c1-20(2)18(24)11-15-17(23)10-8-14(19(15)25-20)16(22)9-5-12-3-6-13(21)7-4-12/h3-10,18,21,23-24H,11H2,1-2H3. The van der Waals surface area contributed by atoms with Gasteiger partial charge in [-0.2, -0.15) is 0 Å². The average molecular weight is 340 g/mol. The number of ether oxygens (including phenoxy) is 1. The summed E-state index contributed by atoms with van der Waals surface area (Å²) in [5, 5.41) is 29.5. The molecule has 3 N–H and O–H groups in total. The number of aliphatic hydroxyl groups excluding tert-OH is 1. The van der Waals surface area contributed by atoms with Crippen LogP contribution >= 0.6 is 0 Å². The Labute approximate surface area is 145 Å². The molecule has 2 aromatic rings. The van der Waals surface area contributed by atoms with Gasteiger partial charge in [0.05, 0.1) is 11.7 Å². The number of hydrogen-bond acceptors (Lipinski definition) is 5. The summed E-state index contributed by atoms with van der Waals surface area (Å²) in [4.78, 5) is 12.6. The minimum absolute atomic E-state index is 0.00335. The lowest BCUT2D eigenvalue weighted by atomic mass is 9.88. The predicted molar refractivity (Wildman–Crippen MR) is 94.0 cm³/mol. The van der Waals surface area contributed by atoms with Crippen LogP contribution in [-0.2, 0) is 6.42 Å². The van der Waals surface area contributed by atoms with Gasteiger partial charge in [-0.25, -0.2) is 0 Å². The molecular formula is C20H20O5.